The van der Waals surface area contributed by atoms with Gasteiger partial charge in [-0.2, -0.15) is 0 Å². The van der Waals surface area contributed by atoms with Gasteiger partial charge in [0.2, 0.25) is 0 Å². The van der Waals surface area contributed by atoms with Crippen molar-refractivity contribution < 1.29 is 48.5 Å². The van der Waals surface area contributed by atoms with E-state index in [0.29, 0.717) is 21.2 Å². The Bertz CT molecular complexity index is 85.7. The van der Waals surface area contributed by atoms with Crippen LogP contribution < -0.4 is 43.8 Å². The second kappa shape index (κ2) is 1.70. The average molecular weight is 324 g/mol. The summed E-state index contributed by atoms with van der Waals surface area (Å²) in [4.78, 5) is 0. The molecule has 2 aliphatic rings. The van der Waals surface area contributed by atoms with Gasteiger partial charge in [-0.05, 0) is 0 Å². The van der Waals surface area contributed by atoms with Crippen LogP contribution in [0.25, 0.3) is 0 Å². The first kappa shape index (κ1) is 5.22. The van der Waals surface area contributed by atoms with E-state index < -0.39 is 0 Å². The normalized spacial score (nSPS) is 58.1. The van der Waals surface area contributed by atoms with E-state index in [-0.39, 0.29) is 0 Å². The summed E-state index contributed by atoms with van der Waals surface area (Å²) in [6, 6.07) is 0. The van der Waals surface area contributed by atoms with Gasteiger partial charge in [0.15, 0.2) is 0 Å². The minimum atomic E-state index is 0.473. The summed E-state index contributed by atoms with van der Waals surface area (Å²) in [5, 5.41) is 0. The third-order valence-corrected chi connectivity index (χ3v) is 6.84. The summed E-state index contributed by atoms with van der Waals surface area (Å²) < 4.78 is 7.14. The summed E-state index contributed by atoms with van der Waals surface area (Å²) in [5.74, 6) is 0. The Morgan fingerprint density at radius 1 is 1.71 bits per heavy atom. The zero-order valence-corrected chi connectivity index (χ0v) is 8.12. The Hall–Kier alpha value is 1.42. The Labute approximate surface area is 66.6 Å². The van der Waals surface area contributed by atoms with Crippen molar-refractivity contribution in [2.45, 2.75) is 18.6 Å². The van der Waals surface area contributed by atoms with Crippen LogP contribution in [-0.4, -0.2) is 12.1 Å². The van der Waals surface area contributed by atoms with Gasteiger partial charge in [-0.1, -0.05) is 0 Å². The van der Waals surface area contributed by atoms with Crippen molar-refractivity contribution in [1.82, 2.24) is 0 Å². The molecule has 2 aliphatic heterocycles. The van der Waals surface area contributed by atoms with E-state index in [9.17, 15) is 0 Å². The zero-order valence-electron chi connectivity index (χ0n) is 3.63. The summed E-state index contributed by atoms with van der Waals surface area (Å²) in [6.45, 7) is 0. The molecule has 0 aromatic heterocycles. The third-order valence-electron chi connectivity index (χ3n) is 1.20. The predicted molar refractivity (Wildman–Crippen MR) is 18.5 cm³/mol. The molecular formula is C4H6I2O. The Kier molecular flexibility index (Phi) is 1.27. The quantitative estimate of drug-likeness (QED) is 0.246. The average Bonchev–Trinajstić information content (AvgIpc) is 2.15. The number of hydrogen-bond donors (Lipinski definition) is 0. The van der Waals surface area contributed by atoms with Crippen LogP contribution in [0.1, 0.15) is 6.42 Å². The number of hydrogen-bond acceptors (Lipinski definition) is 1. The van der Waals surface area contributed by atoms with Crippen LogP contribution in [0, 0.1) is 0 Å². The minimum absolute atomic E-state index is 0.473. The van der Waals surface area contributed by atoms with Gasteiger partial charge in [0.25, 0.3) is 0 Å². The fourth-order valence-corrected chi connectivity index (χ4v) is 6.14. The van der Waals surface area contributed by atoms with Gasteiger partial charge in [-0.3, -0.25) is 0 Å². The fourth-order valence-electron chi connectivity index (χ4n) is 0.768. The summed E-state index contributed by atoms with van der Waals surface area (Å²) in [5.41, 5.74) is 0. The van der Waals surface area contributed by atoms with Crippen LogP contribution in [0.3, 0.4) is 0 Å². The van der Waals surface area contributed by atoms with Gasteiger partial charge in [0.05, 0.1) is 0 Å². The molecule has 0 aromatic rings. The zero-order chi connectivity index (χ0) is 4.85. The first-order valence-electron chi connectivity index (χ1n) is 2.29. The number of alkyl halides is 3. The van der Waals surface area contributed by atoms with E-state index in [0.717, 1.165) is 12.1 Å². The Balaban J connectivity index is 2.02. The third kappa shape index (κ3) is 0.917. The van der Waals surface area contributed by atoms with E-state index >= 15 is 0 Å². The van der Waals surface area contributed by atoms with Crippen LogP contribution >= 0.6 is 0 Å². The molecule has 2 saturated heterocycles. The van der Waals surface area contributed by atoms with Gasteiger partial charge < -0.3 is 0 Å². The molecule has 0 radical (unpaired) electrons. The van der Waals surface area contributed by atoms with Crippen molar-refractivity contribution in [3.8, 4) is 0 Å². The van der Waals surface area contributed by atoms with Crippen molar-refractivity contribution in [2.75, 3.05) is 0 Å². The molecule has 2 rings (SSSR count). The monoisotopic (exact) mass is 324 g/mol. The molecule has 7 heavy (non-hydrogen) atoms. The second-order valence-corrected chi connectivity index (χ2v) is 9.50. The molecule has 0 amide bonds. The van der Waals surface area contributed by atoms with Crippen LogP contribution in [0.4, 0.5) is 0 Å². The van der Waals surface area contributed by atoms with Crippen LogP contribution in [0.5, 0.6) is 0 Å². The Morgan fingerprint density at radius 3 is 2.86 bits per heavy atom. The van der Waals surface area contributed by atoms with E-state index in [1.54, 1.807) is 0 Å². The van der Waals surface area contributed by atoms with Gasteiger partial charge in [0, 0.05) is 0 Å². The fraction of sp³-hybridized carbons (Fsp3) is 1.00. The topological polar surface area (TPSA) is 12.5 Å². The molecule has 2 heterocycles. The maximum atomic E-state index is 5.27. The summed E-state index contributed by atoms with van der Waals surface area (Å²) in [7, 11) is 0. The van der Waals surface area contributed by atoms with Crippen LogP contribution in [-0.2, 0) is 4.74 Å². The van der Waals surface area contributed by atoms with Crippen molar-refractivity contribution in [3.05, 3.63) is 0 Å². The standard InChI is InChI=1S/C4H6I2O/c5-3-1-2-4(6-3)7-2/h2-5H,1H2/t2-,3?,4?/m1/s1. The molecule has 0 spiro atoms. The van der Waals surface area contributed by atoms with Crippen molar-refractivity contribution >= 4 is 0 Å². The molecule has 0 N–H and O–H groups in total. The number of fused-ring (bicyclic) bond motifs is 1. The molecule has 3 heteroatoms. The van der Waals surface area contributed by atoms with Crippen molar-refractivity contribution in [2.24, 2.45) is 0 Å². The molecule has 0 saturated carbocycles. The molecule has 1 nitrogen and oxygen atoms in total. The molecule has 2 fully saturated rings. The maximum absolute atomic E-state index is 5.27. The van der Waals surface area contributed by atoms with Crippen molar-refractivity contribution in [1.29, 1.82) is 0 Å². The molecule has 0 bridgehead atoms. The molecule has 3 atom stereocenters. The first-order valence-corrected chi connectivity index (χ1v) is 6.13. The van der Waals surface area contributed by atoms with Gasteiger partial charge in [-0.15, -0.1) is 0 Å². The van der Waals surface area contributed by atoms with Crippen LogP contribution in [0.15, 0.2) is 0 Å². The number of rotatable bonds is 0. The second-order valence-electron chi connectivity index (χ2n) is 1.80. The predicted octanol–water partition coefficient (Wildman–Crippen LogP) is -6.18. The summed E-state index contributed by atoms with van der Waals surface area (Å²) in [6.07, 6.45) is 2.12. The van der Waals surface area contributed by atoms with Crippen LogP contribution in [0.2, 0.25) is 0 Å². The first-order chi connectivity index (χ1) is 3.36. The molecule has 2 unspecified atom stereocenters. The Morgan fingerprint density at radius 2 is 2.57 bits per heavy atom. The van der Waals surface area contributed by atoms with E-state index in [2.05, 4.69) is 22.6 Å². The number of ether oxygens (including phenoxy) is 1. The van der Waals surface area contributed by atoms with E-state index in [1.165, 1.54) is 6.42 Å². The van der Waals surface area contributed by atoms with Crippen molar-refractivity contribution in [3.63, 3.8) is 0 Å². The number of halogens is 2. The molecular weight excluding hydrogens is 318 g/mol. The molecule has 42 valence electrons. The van der Waals surface area contributed by atoms with Gasteiger partial charge in [0.1, 0.15) is 0 Å². The van der Waals surface area contributed by atoms with Gasteiger partial charge in [-0.25, -0.2) is 0 Å². The molecule has 0 aromatic carbocycles. The SMILES string of the molecule is [IH+]C1C[C@H]2OC2[I-]1. The molecule has 0 aliphatic carbocycles. The van der Waals surface area contributed by atoms with Gasteiger partial charge >= 0.3 is 67.1 Å². The summed E-state index contributed by atoms with van der Waals surface area (Å²) >= 11 is 2.76. The number of epoxide rings is 1. The van der Waals surface area contributed by atoms with E-state index in [1.807, 2.05) is 0 Å². The van der Waals surface area contributed by atoms with E-state index in [4.69, 9.17) is 4.74 Å².